The Morgan fingerprint density at radius 3 is 2.21 bits per heavy atom. The van der Waals surface area contributed by atoms with Gasteiger partial charge in [-0.3, -0.25) is 0 Å². The lowest BCUT2D eigenvalue weighted by molar-refractivity contribution is 0.669. The molecule has 4 heteroatoms. The van der Waals surface area contributed by atoms with Gasteiger partial charge >= 0.3 is 0 Å². The minimum absolute atomic E-state index is 0.839. The minimum atomic E-state index is 0.839. The lowest BCUT2D eigenvalue weighted by atomic mass is 10.2. The van der Waals surface area contributed by atoms with Crippen molar-refractivity contribution in [1.29, 1.82) is 0 Å². The van der Waals surface area contributed by atoms with Crippen LogP contribution in [0.1, 0.15) is 52.3 Å². The molecule has 1 aromatic heterocycles. The van der Waals surface area contributed by atoms with Gasteiger partial charge in [0.2, 0.25) is 0 Å². The molecule has 108 valence electrons. The van der Waals surface area contributed by atoms with Crippen LogP contribution in [-0.2, 0) is 0 Å². The van der Waals surface area contributed by atoms with Crippen LogP contribution in [0.15, 0.2) is 6.07 Å². The highest BCUT2D eigenvalue weighted by Crippen LogP contribution is 2.17. The average molecular weight is 264 g/mol. The molecule has 0 saturated heterocycles. The van der Waals surface area contributed by atoms with E-state index in [-0.39, 0.29) is 0 Å². The van der Waals surface area contributed by atoms with E-state index in [9.17, 15) is 0 Å². The molecule has 0 atom stereocenters. The highest BCUT2D eigenvalue weighted by molar-refractivity contribution is 5.49. The normalized spacial score (nSPS) is 10.5. The van der Waals surface area contributed by atoms with Crippen LogP contribution in [0.5, 0.6) is 0 Å². The molecule has 0 aromatic carbocycles. The van der Waals surface area contributed by atoms with Crippen LogP contribution >= 0.6 is 0 Å². The maximum absolute atomic E-state index is 4.60. The first-order chi connectivity index (χ1) is 9.21. The van der Waals surface area contributed by atoms with Crippen molar-refractivity contribution in [1.82, 2.24) is 9.97 Å². The van der Waals surface area contributed by atoms with E-state index >= 15 is 0 Å². The van der Waals surface area contributed by atoms with E-state index in [4.69, 9.17) is 0 Å². The van der Waals surface area contributed by atoms with Gasteiger partial charge in [-0.2, -0.15) is 0 Å². The van der Waals surface area contributed by atoms with Gasteiger partial charge in [0.1, 0.15) is 17.5 Å². The Hall–Kier alpha value is -1.32. The highest BCUT2D eigenvalue weighted by atomic mass is 15.2. The summed E-state index contributed by atoms with van der Waals surface area (Å²) in [6, 6.07) is 2.07. The summed E-state index contributed by atoms with van der Waals surface area (Å²) in [7, 11) is 0. The van der Waals surface area contributed by atoms with Crippen molar-refractivity contribution < 1.29 is 0 Å². The second-order valence-electron chi connectivity index (χ2n) is 4.88. The zero-order valence-electron chi connectivity index (χ0n) is 12.9. The summed E-state index contributed by atoms with van der Waals surface area (Å²) in [5.41, 5.74) is 0. The standard InChI is InChI=1S/C15H28N4/c1-5-8-10-19(11-9-6-2)15-12-14(16-7-3)17-13(4)18-15/h12H,5-11H2,1-4H3,(H,16,17,18). The quantitative estimate of drug-likeness (QED) is 0.739. The fourth-order valence-electron chi connectivity index (χ4n) is 2.02. The SMILES string of the molecule is CCCCN(CCCC)c1cc(NCC)nc(C)n1. The van der Waals surface area contributed by atoms with Crippen molar-refractivity contribution >= 4 is 11.6 Å². The summed E-state index contributed by atoms with van der Waals surface area (Å²) in [4.78, 5) is 11.4. The predicted molar refractivity (Wildman–Crippen MR) is 83.0 cm³/mol. The molecular formula is C15H28N4. The van der Waals surface area contributed by atoms with Crippen LogP contribution < -0.4 is 10.2 Å². The Morgan fingerprint density at radius 2 is 1.68 bits per heavy atom. The summed E-state index contributed by atoms with van der Waals surface area (Å²) >= 11 is 0. The van der Waals surface area contributed by atoms with Crippen molar-refractivity contribution in [3.05, 3.63) is 11.9 Å². The second-order valence-corrected chi connectivity index (χ2v) is 4.88. The molecule has 0 aliphatic rings. The lowest BCUT2D eigenvalue weighted by Gasteiger charge is -2.24. The summed E-state index contributed by atoms with van der Waals surface area (Å²) in [5.74, 6) is 2.83. The van der Waals surface area contributed by atoms with Crippen molar-refractivity contribution in [2.75, 3.05) is 29.9 Å². The van der Waals surface area contributed by atoms with Crippen LogP contribution in [0.3, 0.4) is 0 Å². The first kappa shape index (κ1) is 15.7. The Morgan fingerprint density at radius 1 is 1.05 bits per heavy atom. The Kier molecular flexibility index (Phi) is 7.23. The maximum Gasteiger partial charge on any atom is 0.134 e. The zero-order chi connectivity index (χ0) is 14.1. The molecule has 0 fully saturated rings. The third-order valence-corrected chi connectivity index (χ3v) is 3.07. The number of nitrogens with one attached hydrogen (secondary N) is 1. The van der Waals surface area contributed by atoms with Gasteiger partial charge in [-0.25, -0.2) is 9.97 Å². The molecule has 1 aromatic rings. The van der Waals surface area contributed by atoms with E-state index in [1.807, 2.05) is 6.92 Å². The van der Waals surface area contributed by atoms with E-state index in [1.165, 1.54) is 25.7 Å². The average Bonchev–Trinajstić information content (AvgIpc) is 2.38. The second kappa shape index (κ2) is 8.73. The molecule has 1 rings (SSSR count). The monoisotopic (exact) mass is 264 g/mol. The minimum Gasteiger partial charge on any atom is -0.370 e. The molecule has 0 bridgehead atoms. The van der Waals surface area contributed by atoms with E-state index in [0.717, 1.165) is 37.1 Å². The van der Waals surface area contributed by atoms with Crippen molar-refractivity contribution in [2.45, 2.75) is 53.4 Å². The third-order valence-electron chi connectivity index (χ3n) is 3.07. The molecule has 19 heavy (non-hydrogen) atoms. The molecule has 1 N–H and O–H groups in total. The Labute approximate surface area is 117 Å². The topological polar surface area (TPSA) is 41.0 Å². The molecule has 1 heterocycles. The smallest absolute Gasteiger partial charge is 0.134 e. The number of rotatable bonds is 9. The molecule has 4 nitrogen and oxygen atoms in total. The Balaban J connectivity index is 2.85. The molecule has 0 aliphatic carbocycles. The van der Waals surface area contributed by atoms with Gasteiger partial charge in [0, 0.05) is 25.7 Å². The number of nitrogens with zero attached hydrogens (tertiary/aromatic N) is 3. The van der Waals surface area contributed by atoms with E-state index in [2.05, 4.69) is 47.0 Å². The first-order valence-electron chi connectivity index (χ1n) is 7.55. The van der Waals surface area contributed by atoms with Crippen molar-refractivity contribution in [2.24, 2.45) is 0 Å². The number of aryl methyl sites for hydroxylation is 1. The molecular weight excluding hydrogens is 236 g/mol. The van der Waals surface area contributed by atoms with Gasteiger partial charge in [-0.1, -0.05) is 26.7 Å². The fraction of sp³-hybridized carbons (Fsp3) is 0.733. The molecule has 0 amide bonds. The van der Waals surface area contributed by atoms with Gasteiger partial charge in [0.05, 0.1) is 0 Å². The lowest BCUT2D eigenvalue weighted by Crippen LogP contribution is -2.27. The van der Waals surface area contributed by atoms with Crippen molar-refractivity contribution in [3.8, 4) is 0 Å². The van der Waals surface area contributed by atoms with Gasteiger partial charge in [-0.05, 0) is 26.7 Å². The van der Waals surface area contributed by atoms with Crippen molar-refractivity contribution in [3.63, 3.8) is 0 Å². The van der Waals surface area contributed by atoms with Gasteiger partial charge in [0.15, 0.2) is 0 Å². The van der Waals surface area contributed by atoms with E-state index in [1.54, 1.807) is 0 Å². The molecule has 0 saturated carbocycles. The Bertz CT molecular complexity index is 357. The van der Waals surface area contributed by atoms with Gasteiger partial charge in [0.25, 0.3) is 0 Å². The van der Waals surface area contributed by atoms with Crippen LogP contribution in [0.4, 0.5) is 11.6 Å². The molecule has 0 unspecified atom stereocenters. The van der Waals surface area contributed by atoms with Gasteiger partial charge < -0.3 is 10.2 Å². The number of hydrogen-bond donors (Lipinski definition) is 1. The number of unbranched alkanes of at least 4 members (excludes halogenated alkanes) is 2. The van der Waals surface area contributed by atoms with E-state index < -0.39 is 0 Å². The predicted octanol–water partition coefficient (Wildman–Crippen LogP) is 3.62. The van der Waals surface area contributed by atoms with Crippen LogP contribution in [0.25, 0.3) is 0 Å². The molecule has 0 spiro atoms. The number of aromatic nitrogens is 2. The number of hydrogen-bond acceptors (Lipinski definition) is 4. The third kappa shape index (κ3) is 5.45. The molecule has 0 radical (unpaired) electrons. The summed E-state index contributed by atoms with van der Waals surface area (Å²) in [6.07, 6.45) is 4.85. The van der Waals surface area contributed by atoms with E-state index in [0.29, 0.717) is 0 Å². The largest absolute Gasteiger partial charge is 0.370 e. The van der Waals surface area contributed by atoms with Gasteiger partial charge in [-0.15, -0.1) is 0 Å². The summed E-state index contributed by atoms with van der Waals surface area (Å²) in [5, 5.41) is 3.28. The zero-order valence-corrected chi connectivity index (χ0v) is 12.9. The fourth-order valence-corrected chi connectivity index (χ4v) is 2.02. The van der Waals surface area contributed by atoms with Crippen LogP contribution in [0, 0.1) is 6.92 Å². The first-order valence-corrected chi connectivity index (χ1v) is 7.55. The van der Waals surface area contributed by atoms with Crippen LogP contribution in [0.2, 0.25) is 0 Å². The number of anilines is 2. The maximum atomic E-state index is 4.60. The summed E-state index contributed by atoms with van der Waals surface area (Å²) in [6.45, 7) is 11.6. The van der Waals surface area contributed by atoms with Crippen LogP contribution in [-0.4, -0.2) is 29.6 Å². The molecule has 0 aliphatic heterocycles. The highest BCUT2D eigenvalue weighted by Gasteiger charge is 2.09. The summed E-state index contributed by atoms with van der Waals surface area (Å²) < 4.78 is 0.